The van der Waals surface area contributed by atoms with E-state index in [2.05, 4.69) is 41.4 Å². The summed E-state index contributed by atoms with van der Waals surface area (Å²) >= 11 is 12.6. The van der Waals surface area contributed by atoms with Crippen molar-refractivity contribution in [1.82, 2.24) is 5.32 Å². The van der Waals surface area contributed by atoms with Gasteiger partial charge in [0.15, 0.2) is 0 Å². The minimum atomic E-state index is 0.0288. The highest BCUT2D eigenvalue weighted by molar-refractivity contribution is 6.42. The van der Waals surface area contributed by atoms with Gasteiger partial charge in [-0.25, -0.2) is 0 Å². The van der Waals surface area contributed by atoms with Gasteiger partial charge in [-0.3, -0.25) is 0 Å². The normalized spacial score (nSPS) is 12.2. The largest absolute Gasteiger partial charge is 0.378 e. The zero-order valence-corrected chi connectivity index (χ0v) is 14.0. The van der Waals surface area contributed by atoms with Gasteiger partial charge in [0.1, 0.15) is 0 Å². The summed E-state index contributed by atoms with van der Waals surface area (Å²) in [4.78, 5) is 2.09. The number of rotatable bonds is 5. The average Bonchev–Trinajstić information content (AvgIpc) is 2.48. The standard InChI is InChI=1S/C17H20Cl2N2/c1-4-20-17(14-9-6-10-15(18)16(14)19)12-7-5-8-13(11-12)21(2)3/h5-11,17,20H,4H2,1-3H3. The Kier molecular flexibility index (Phi) is 5.51. The van der Waals surface area contributed by atoms with Gasteiger partial charge in [0, 0.05) is 19.8 Å². The lowest BCUT2D eigenvalue weighted by Gasteiger charge is -2.22. The Morgan fingerprint density at radius 3 is 2.48 bits per heavy atom. The van der Waals surface area contributed by atoms with E-state index >= 15 is 0 Å². The van der Waals surface area contributed by atoms with Crippen molar-refractivity contribution in [2.75, 3.05) is 25.5 Å². The number of nitrogens with zero attached hydrogens (tertiary/aromatic N) is 1. The van der Waals surface area contributed by atoms with Crippen LogP contribution in [0.1, 0.15) is 24.1 Å². The lowest BCUT2D eigenvalue weighted by atomic mass is 9.98. The number of hydrogen-bond acceptors (Lipinski definition) is 2. The van der Waals surface area contributed by atoms with Crippen LogP contribution in [-0.2, 0) is 0 Å². The third-order valence-corrected chi connectivity index (χ3v) is 4.25. The Balaban J connectivity index is 2.48. The van der Waals surface area contributed by atoms with Crippen LogP contribution >= 0.6 is 23.2 Å². The summed E-state index contributed by atoms with van der Waals surface area (Å²) in [5, 5.41) is 4.68. The average molecular weight is 323 g/mol. The predicted molar refractivity (Wildman–Crippen MR) is 92.8 cm³/mol. The molecule has 1 N–H and O–H groups in total. The number of halogens is 2. The minimum Gasteiger partial charge on any atom is -0.378 e. The Morgan fingerprint density at radius 2 is 1.81 bits per heavy atom. The van der Waals surface area contributed by atoms with Crippen molar-refractivity contribution in [1.29, 1.82) is 0 Å². The highest BCUT2D eigenvalue weighted by Crippen LogP contribution is 2.34. The molecule has 0 aliphatic carbocycles. The number of nitrogens with one attached hydrogen (secondary N) is 1. The Hall–Kier alpha value is -1.22. The van der Waals surface area contributed by atoms with Crippen LogP contribution < -0.4 is 10.2 Å². The van der Waals surface area contributed by atoms with Crippen molar-refractivity contribution < 1.29 is 0 Å². The fraction of sp³-hybridized carbons (Fsp3) is 0.294. The quantitative estimate of drug-likeness (QED) is 0.853. The monoisotopic (exact) mass is 322 g/mol. The van der Waals surface area contributed by atoms with Crippen LogP contribution in [-0.4, -0.2) is 20.6 Å². The highest BCUT2D eigenvalue weighted by atomic mass is 35.5. The lowest BCUT2D eigenvalue weighted by molar-refractivity contribution is 0.631. The molecule has 2 aromatic rings. The molecular formula is C17H20Cl2N2. The summed E-state index contributed by atoms with van der Waals surface area (Å²) in [6.45, 7) is 2.93. The van der Waals surface area contributed by atoms with E-state index in [4.69, 9.17) is 23.2 Å². The summed E-state index contributed by atoms with van der Waals surface area (Å²) in [6, 6.07) is 14.2. The molecule has 2 rings (SSSR count). The van der Waals surface area contributed by atoms with Crippen molar-refractivity contribution in [2.45, 2.75) is 13.0 Å². The zero-order chi connectivity index (χ0) is 15.4. The summed E-state index contributed by atoms with van der Waals surface area (Å²) in [5.74, 6) is 0. The molecule has 0 amide bonds. The van der Waals surface area contributed by atoms with Crippen molar-refractivity contribution in [3.63, 3.8) is 0 Å². The van der Waals surface area contributed by atoms with Crippen molar-refractivity contribution >= 4 is 28.9 Å². The number of hydrogen-bond donors (Lipinski definition) is 1. The van der Waals surface area contributed by atoms with Crippen LogP contribution in [0, 0.1) is 0 Å². The van der Waals surface area contributed by atoms with Gasteiger partial charge >= 0.3 is 0 Å². The van der Waals surface area contributed by atoms with Crippen LogP contribution in [0.15, 0.2) is 42.5 Å². The fourth-order valence-electron chi connectivity index (χ4n) is 2.34. The molecule has 0 aromatic heterocycles. The van der Waals surface area contributed by atoms with Gasteiger partial charge in [-0.1, -0.05) is 54.4 Å². The van der Waals surface area contributed by atoms with Crippen LogP contribution in [0.3, 0.4) is 0 Å². The smallest absolute Gasteiger partial charge is 0.0643 e. The maximum atomic E-state index is 6.39. The first-order chi connectivity index (χ1) is 10.0. The third kappa shape index (κ3) is 3.70. The number of anilines is 1. The Bertz CT molecular complexity index is 611. The molecule has 21 heavy (non-hydrogen) atoms. The van der Waals surface area contributed by atoms with Gasteiger partial charge in [0.25, 0.3) is 0 Å². The van der Waals surface area contributed by atoms with Gasteiger partial charge in [0.2, 0.25) is 0 Å². The molecule has 4 heteroatoms. The molecule has 0 saturated heterocycles. The van der Waals surface area contributed by atoms with Gasteiger partial charge < -0.3 is 10.2 Å². The number of benzene rings is 2. The van der Waals surface area contributed by atoms with E-state index in [1.165, 1.54) is 5.56 Å². The molecule has 0 heterocycles. The molecule has 0 spiro atoms. The fourth-order valence-corrected chi connectivity index (χ4v) is 2.75. The van der Waals surface area contributed by atoms with Crippen LogP contribution in [0.4, 0.5) is 5.69 Å². The minimum absolute atomic E-state index is 0.0288. The van der Waals surface area contributed by atoms with E-state index in [1.54, 1.807) is 0 Å². The van der Waals surface area contributed by atoms with Crippen molar-refractivity contribution in [3.05, 3.63) is 63.6 Å². The highest BCUT2D eigenvalue weighted by Gasteiger charge is 2.18. The first-order valence-corrected chi connectivity index (χ1v) is 7.74. The molecule has 2 aromatic carbocycles. The van der Waals surface area contributed by atoms with E-state index in [-0.39, 0.29) is 6.04 Å². The molecule has 112 valence electrons. The van der Waals surface area contributed by atoms with E-state index < -0.39 is 0 Å². The SMILES string of the molecule is CCNC(c1cccc(N(C)C)c1)c1cccc(Cl)c1Cl. The molecule has 1 unspecified atom stereocenters. The molecule has 0 radical (unpaired) electrons. The van der Waals surface area contributed by atoms with E-state index in [0.717, 1.165) is 17.8 Å². The molecule has 0 aliphatic rings. The maximum absolute atomic E-state index is 6.39. The van der Waals surface area contributed by atoms with Crippen molar-refractivity contribution in [2.24, 2.45) is 0 Å². The zero-order valence-electron chi connectivity index (χ0n) is 12.5. The second-order valence-electron chi connectivity index (χ2n) is 5.12. The molecule has 0 saturated carbocycles. The maximum Gasteiger partial charge on any atom is 0.0643 e. The van der Waals surface area contributed by atoms with Crippen LogP contribution in [0.2, 0.25) is 10.0 Å². The van der Waals surface area contributed by atoms with Crippen LogP contribution in [0.5, 0.6) is 0 Å². The molecule has 2 nitrogen and oxygen atoms in total. The summed E-state index contributed by atoms with van der Waals surface area (Å²) in [7, 11) is 4.07. The van der Waals surface area contributed by atoms with E-state index in [0.29, 0.717) is 10.0 Å². The Morgan fingerprint density at radius 1 is 1.10 bits per heavy atom. The first-order valence-electron chi connectivity index (χ1n) is 6.99. The second-order valence-corrected chi connectivity index (χ2v) is 5.91. The van der Waals surface area contributed by atoms with Gasteiger partial charge in [0.05, 0.1) is 16.1 Å². The molecule has 0 aliphatic heterocycles. The van der Waals surface area contributed by atoms with Gasteiger partial charge in [-0.05, 0) is 35.9 Å². The molecule has 0 bridgehead atoms. The molecule has 1 atom stereocenters. The van der Waals surface area contributed by atoms with Gasteiger partial charge in [-0.15, -0.1) is 0 Å². The predicted octanol–water partition coefficient (Wildman–Crippen LogP) is 4.76. The van der Waals surface area contributed by atoms with Crippen molar-refractivity contribution in [3.8, 4) is 0 Å². The first kappa shape index (κ1) is 16.2. The summed E-state index contributed by atoms with van der Waals surface area (Å²) < 4.78 is 0. The molecule has 0 fully saturated rings. The third-order valence-electron chi connectivity index (χ3n) is 3.42. The lowest BCUT2D eigenvalue weighted by Crippen LogP contribution is -2.22. The molecular weight excluding hydrogens is 303 g/mol. The van der Waals surface area contributed by atoms with E-state index in [9.17, 15) is 0 Å². The van der Waals surface area contributed by atoms with Gasteiger partial charge in [-0.2, -0.15) is 0 Å². The second kappa shape index (κ2) is 7.17. The van der Waals surface area contributed by atoms with E-state index in [1.807, 2.05) is 32.3 Å². The summed E-state index contributed by atoms with van der Waals surface area (Å²) in [6.07, 6.45) is 0. The Labute approximate surface area is 136 Å². The summed E-state index contributed by atoms with van der Waals surface area (Å²) in [5.41, 5.74) is 3.34. The van der Waals surface area contributed by atoms with Crippen LogP contribution in [0.25, 0.3) is 0 Å². The topological polar surface area (TPSA) is 15.3 Å².